The van der Waals surface area contributed by atoms with Gasteiger partial charge in [0.1, 0.15) is 0 Å². The van der Waals surface area contributed by atoms with E-state index in [1.165, 1.54) is 45.2 Å². The molecule has 0 aliphatic carbocycles. The highest BCUT2D eigenvalue weighted by atomic mass is 16.5. The molecular formula is C15H29N3O. The average Bonchev–Trinajstić information content (AvgIpc) is 3.01. The second-order valence-corrected chi connectivity index (χ2v) is 6.72. The van der Waals surface area contributed by atoms with Gasteiger partial charge in [-0.25, -0.2) is 0 Å². The van der Waals surface area contributed by atoms with Crippen LogP contribution in [0.25, 0.3) is 0 Å². The Kier molecular flexibility index (Phi) is 4.13. The summed E-state index contributed by atoms with van der Waals surface area (Å²) in [6.07, 6.45) is 6.48. The van der Waals surface area contributed by atoms with Gasteiger partial charge in [0.25, 0.3) is 0 Å². The fraction of sp³-hybridized carbons (Fsp3) is 1.00. The van der Waals surface area contributed by atoms with E-state index < -0.39 is 0 Å². The minimum Gasteiger partial charge on any atom is -0.381 e. The van der Waals surface area contributed by atoms with Crippen molar-refractivity contribution in [3.63, 3.8) is 0 Å². The standard InChI is InChI=1S/C15H29N3O/c1-17(10-13-4-3-9-19-11-13)15(12-16)6-8-18-7-2-5-14(15)18/h13-14H,2-12,16H2,1H3. The molecule has 4 nitrogen and oxygen atoms in total. The minimum absolute atomic E-state index is 0.230. The molecule has 0 saturated carbocycles. The Morgan fingerprint density at radius 1 is 1.32 bits per heavy atom. The summed E-state index contributed by atoms with van der Waals surface area (Å²) in [6.45, 7) is 6.39. The first-order chi connectivity index (χ1) is 9.26. The number of ether oxygens (including phenoxy) is 1. The molecule has 0 radical (unpaired) electrons. The zero-order chi connectivity index (χ0) is 13.3. The maximum atomic E-state index is 6.23. The first-order valence-corrected chi connectivity index (χ1v) is 7.99. The van der Waals surface area contributed by atoms with Crippen molar-refractivity contribution in [2.24, 2.45) is 11.7 Å². The van der Waals surface area contributed by atoms with E-state index in [4.69, 9.17) is 10.5 Å². The van der Waals surface area contributed by atoms with Crippen LogP contribution >= 0.6 is 0 Å². The molecule has 3 rings (SSSR count). The van der Waals surface area contributed by atoms with Gasteiger partial charge in [-0.2, -0.15) is 0 Å². The third kappa shape index (κ3) is 2.44. The van der Waals surface area contributed by atoms with Crippen LogP contribution in [0.2, 0.25) is 0 Å². The predicted molar refractivity (Wildman–Crippen MR) is 77.2 cm³/mol. The van der Waals surface area contributed by atoms with Crippen LogP contribution in [-0.2, 0) is 4.74 Å². The summed E-state index contributed by atoms with van der Waals surface area (Å²) in [7, 11) is 2.29. The summed E-state index contributed by atoms with van der Waals surface area (Å²) >= 11 is 0. The minimum atomic E-state index is 0.230. The van der Waals surface area contributed by atoms with Gasteiger partial charge in [-0.1, -0.05) is 0 Å². The lowest BCUT2D eigenvalue weighted by molar-refractivity contribution is 0.0133. The smallest absolute Gasteiger partial charge is 0.0506 e. The van der Waals surface area contributed by atoms with E-state index in [1.807, 2.05) is 0 Å². The number of nitrogens with two attached hydrogens (primary N) is 1. The quantitative estimate of drug-likeness (QED) is 0.822. The summed E-state index contributed by atoms with van der Waals surface area (Å²) in [5.74, 6) is 0.706. The highest BCUT2D eigenvalue weighted by Gasteiger charge is 2.50. The lowest BCUT2D eigenvalue weighted by Gasteiger charge is -2.44. The van der Waals surface area contributed by atoms with Crippen LogP contribution in [0.5, 0.6) is 0 Å². The highest BCUT2D eigenvalue weighted by molar-refractivity contribution is 5.09. The molecule has 2 N–H and O–H groups in total. The Bertz CT molecular complexity index is 306. The Hall–Kier alpha value is -0.160. The number of hydrogen-bond donors (Lipinski definition) is 1. The van der Waals surface area contributed by atoms with Gasteiger partial charge in [-0.15, -0.1) is 0 Å². The number of likely N-dealkylation sites (N-methyl/N-ethyl adjacent to an activating group) is 1. The molecule has 3 saturated heterocycles. The third-order valence-corrected chi connectivity index (χ3v) is 5.72. The van der Waals surface area contributed by atoms with Crippen molar-refractivity contribution in [2.75, 3.05) is 46.4 Å². The lowest BCUT2D eigenvalue weighted by Crippen LogP contribution is -2.59. The second kappa shape index (κ2) is 5.68. The van der Waals surface area contributed by atoms with Gasteiger partial charge in [0.05, 0.1) is 6.61 Å². The van der Waals surface area contributed by atoms with Gasteiger partial charge in [0.2, 0.25) is 0 Å². The van der Waals surface area contributed by atoms with Crippen molar-refractivity contribution in [3.05, 3.63) is 0 Å². The average molecular weight is 267 g/mol. The highest BCUT2D eigenvalue weighted by Crippen LogP contribution is 2.39. The van der Waals surface area contributed by atoms with E-state index in [-0.39, 0.29) is 5.54 Å². The van der Waals surface area contributed by atoms with Gasteiger partial charge in [0, 0.05) is 37.8 Å². The summed E-state index contributed by atoms with van der Waals surface area (Å²) in [5, 5.41) is 0. The number of nitrogens with zero attached hydrogens (tertiary/aromatic N) is 2. The van der Waals surface area contributed by atoms with E-state index >= 15 is 0 Å². The van der Waals surface area contributed by atoms with Gasteiger partial charge in [-0.3, -0.25) is 9.80 Å². The number of hydrogen-bond acceptors (Lipinski definition) is 4. The molecule has 0 aromatic rings. The summed E-state index contributed by atoms with van der Waals surface area (Å²) in [4.78, 5) is 5.25. The van der Waals surface area contributed by atoms with Crippen molar-refractivity contribution >= 4 is 0 Å². The zero-order valence-electron chi connectivity index (χ0n) is 12.3. The number of rotatable bonds is 4. The molecule has 0 spiro atoms. The Balaban J connectivity index is 1.67. The molecule has 3 fully saturated rings. The maximum absolute atomic E-state index is 6.23. The fourth-order valence-corrected chi connectivity index (χ4v) is 4.57. The molecule has 3 heterocycles. The van der Waals surface area contributed by atoms with Gasteiger partial charge < -0.3 is 10.5 Å². The van der Waals surface area contributed by atoms with E-state index in [0.717, 1.165) is 26.3 Å². The molecule has 0 aromatic carbocycles. The SMILES string of the molecule is CN(CC1CCCOC1)C1(CN)CCN2CCCC21. The van der Waals surface area contributed by atoms with Crippen LogP contribution in [0.3, 0.4) is 0 Å². The molecular weight excluding hydrogens is 238 g/mol. The van der Waals surface area contributed by atoms with Crippen LogP contribution < -0.4 is 5.73 Å². The Morgan fingerprint density at radius 3 is 2.95 bits per heavy atom. The van der Waals surface area contributed by atoms with Crippen LogP contribution in [-0.4, -0.2) is 67.8 Å². The molecule has 0 aromatic heterocycles. The Labute approximate surface area is 117 Å². The van der Waals surface area contributed by atoms with Crippen molar-refractivity contribution in [3.8, 4) is 0 Å². The largest absolute Gasteiger partial charge is 0.381 e. The summed E-state index contributed by atoms with van der Waals surface area (Å²) in [5.41, 5.74) is 6.46. The maximum Gasteiger partial charge on any atom is 0.0506 e. The molecule has 0 bridgehead atoms. The van der Waals surface area contributed by atoms with E-state index in [0.29, 0.717) is 12.0 Å². The summed E-state index contributed by atoms with van der Waals surface area (Å²) < 4.78 is 5.63. The monoisotopic (exact) mass is 267 g/mol. The molecule has 4 heteroatoms. The zero-order valence-corrected chi connectivity index (χ0v) is 12.3. The van der Waals surface area contributed by atoms with Gasteiger partial charge in [0.15, 0.2) is 0 Å². The molecule has 3 atom stereocenters. The third-order valence-electron chi connectivity index (χ3n) is 5.72. The van der Waals surface area contributed by atoms with Crippen LogP contribution in [0.1, 0.15) is 32.1 Å². The van der Waals surface area contributed by atoms with Crippen molar-refractivity contribution in [1.29, 1.82) is 0 Å². The van der Waals surface area contributed by atoms with Crippen LogP contribution in [0.15, 0.2) is 0 Å². The van der Waals surface area contributed by atoms with Crippen LogP contribution in [0, 0.1) is 5.92 Å². The van der Waals surface area contributed by atoms with Crippen LogP contribution in [0.4, 0.5) is 0 Å². The first kappa shape index (κ1) is 13.8. The molecule has 110 valence electrons. The molecule has 0 amide bonds. The van der Waals surface area contributed by atoms with Crippen molar-refractivity contribution in [2.45, 2.75) is 43.7 Å². The van der Waals surface area contributed by atoms with Gasteiger partial charge >= 0.3 is 0 Å². The van der Waals surface area contributed by atoms with E-state index in [2.05, 4.69) is 16.8 Å². The molecule has 3 aliphatic heterocycles. The van der Waals surface area contributed by atoms with Crippen molar-refractivity contribution < 1.29 is 4.74 Å². The van der Waals surface area contributed by atoms with Gasteiger partial charge in [-0.05, 0) is 51.6 Å². The topological polar surface area (TPSA) is 41.7 Å². The fourth-order valence-electron chi connectivity index (χ4n) is 4.57. The van der Waals surface area contributed by atoms with Crippen molar-refractivity contribution in [1.82, 2.24) is 9.80 Å². The number of fused-ring (bicyclic) bond motifs is 1. The normalized spacial score (nSPS) is 39.9. The summed E-state index contributed by atoms with van der Waals surface area (Å²) in [6, 6.07) is 0.701. The lowest BCUT2D eigenvalue weighted by atomic mass is 9.86. The first-order valence-electron chi connectivity index (χ1n) is 7.99. The van der Waals surface area contributed by atoms with E-state index in [1.54, 1.807) is 0 Å². The second-order valence-electron chi connectivity index (χ2n) is 6.72. The Morgan fingerprint density at radius 2 is 2.21 bits per heavy atom. The predicted octanol–water partition coefficient (Wildman–Crippen LogP) is 0.910. The molecule has 3 aliphatic rings. The molecule has 19 heavy (non-hydrogen) atoms. The molecule has 3 unspecified atom stereocenters. The van der Waals surface area contributed by atoms with E-state index in [9.17, 15) is 0 Å².